The highest BCUT2D eigenvalue weighted by atomic mass is 19.1. The average molecular weight is 217 g/mol. The quantitative estimate of drug-likeness (QED) is 0.794. The molecular formula is C11H8FN3O. The fraction of sp³-hybridized carbons (Fsp3) is 0.0909. The lowest BCUT2D eigenvalue weighted by Crippen LogP contribution is -1.84. The van der Waals surface area contributed by atoms with Crippen molar-refractivity contribution in [1.29, 1.82) is 5.26 Å². The number of halogens is 1. The normalized spacial score (nSPS) is 10.1. The first kappa shape index (κ1) is 10.2. The van der Waals surface area contributed by atoms with Crippen LogP contribution in [0.4, 0.5) is 10.3 Å². The summed E-state index contributed by atoms with van der Waals surface area (Å²) in [4.78, 5) is 3.86. The first-order chi connectivity index (χ1) is 7.60. The number of hydrogen-bond donors (Lipinski definition) is 1. The fourth-order valence-electron chi connectivity index (χ4n) is 1.40. The molecule has 0 aliphatic heterocycles. The third kappa shape index (κ3) is 1.73. The lowest BCUT2D eigenvalue weighted by Gasteiger charge is -1.98. The molecule has 0 saturated carbocycles. The van der Waals surface area contributed by atoms with Crippen LogP contribution in [-0.4, -0.2) is 4.98 Å². The second-order valence-corrected chi connectivity index (χ2v) is 3.36. The molecular weight excluding hydrogens is 209 g/mol. The van der Waals surface area contributed by atoms with E-state index in [2.05, 4.69) is 4.98 Å². The number of nitriles is 1. The topological polar surface area (TPSA) is 75.8 Å². The van der Waals surface area contributed by atoms with Crippen LogP contribution in [0.3, 0.4) is 0 Å². The van der Waals surface area contributed by atoms with Crippen LogP contribution in [0.5, 0.6) is 0 Å². The fourth-order valence-corrected chi connectivity index (χ4v) is 1.40. The van der Waals surface area contributed by atoms with Crippen molar-refractivity contribution in [2.45, 2.75) is 6.92 Å². The van der Waals surface area contributed by atoms with Gasteiger partial charge in [0, 0.05) is 5.56 Å². The van der Waals surface area contributed by atoms with E-state index in [0.29, 0.717) is 5.56 Å². The Morgan fingerprint density at radius 1 is 1.44 bits per heavy atom. The van der Waals surface area contributed by atoms with Crippen molar-refractivity contribution in [1.82, 2.24) is 4.98 Å². The lowest BCUT2D eigenvalue weighted by atomic mass is 10.1. The van der Waals surface area contributed by atoms with Crippen molar-refractivity contribution >= 4 is 5.88 Å². The summed E-state index contributed by atoms with van der Waals surface area (Å²) in [7, 11) is 0. The van der Waals surface area contributed by atoms with E-state index in [-0.39, 0.29) is 23.3 Å². The predicted octanol–water partition coefficient (Wildman–Crippen LogP) is 2.24. The Morgan fingerprint density at radius 3 is 2.75 bits per heavy atom. The maximum absolute atomic E-state index is 13.1. The van der Waals surface area contributed by atoms with E-state index in [9.17, 15) is 4.39 Å². The van der Waals surface area contributed by atoms with Gasteiger partial charge >= 0.3 is 0 Å². The molecule has 2 aromatic rings. The number of nitrogens with zero attached hydrogens (tertiary/aromatic N) is 2. The van der Waals surface area contributed by atoms with E-state index in [1.165, 1.54) is 12.1 Å². The zero-order valence-corrected chi connectivity index (χ0v) is 8.49. The van der Waals surface area contributed by atoms with Gasteiger partial charge in [-0.2, -0.15) is 10.2 Å². The summed E-state index contributed by atoms with van der Waals surface area (Å²) >= 11 is 0. The van der Waals surface area contributed by atoms with Crippen LogP contribution in [-0.2, 0) is 0 Å². The third-order valence-electron chi connectivity index (χ3n) is 2.05. The van der Waals surface area contributed by atoms with Gasteiger partial charge in [0.25, 0.3) is 0 Å². The Labute approximate surface area is 91.1 Å². The maximum atomic E-state index is 13.1. The summed E-state index contributed by atoms with van der Waals surface area (Å²) in [6, 6.07) is 6.16. The van der Waals surface area contributed by atoms with Crippen molar-refractivity contribution < 1.29 is 8.81 Å². The monoisotopic (exact) mass is 217 g/mol. The number of rotatable bonds is 1. The molecule has 1 heterocycles. The summed E-state index contributed by atoms with van der Waals surface area (Å²) in [5.74, 6) is -0.290. The van der Waals surface area contributed by atoms with Crippen LogP contribution in [0.1, 0.15) is 11.3 Å². The van der Waals surface area contributed by atoms with Gasteiger partial charge < -0.3 is 10.2 Å². The van der Waals surface area contributed by atoms with Gasteiger partial charge in [0.15, 0.2) is 0 Å². The van der Waals surface area contributed by atoms with E-state index in [4.69, 9.17) is 15.4 Å². The van der Waals surface area contributed by atoms with Gasteiger partial charge in [-0.1, -0.05) is 0 Å². The van der Waals surface area contributed by atoms with E-state index < -0.39 is 0 Å². The van der Waals surface area contributed by atoms with Crippen LogP contribution < -0.4 is 5.73 Å². The van der Waals surface area contributed by atoms with E-state index in [1.54, 1.807) is 19.1 Å². The second kappa shape index (κ2) is 3.66. The lowest BCUT2D eigenvalue weighted by molar-refractivity contribution is 0.590. The number of benzene rings is 1. The van der Waals surface area contributed by atoms with Gasteiger partial charge in [-0.05, 0) is 30.7 Å². The molecule has 1 aromatic carbocycles. The minimum atomic E-state index is -0.384. The largest absolute Gasteiger partial charge is 0.419 e. The molecule has 0 radical (unpaired) electrons. The van der Waals surface area contributed by atoms with Crippen LogP contribution in [0, 0.1) is 24.1 Å². The van der Waals surface area contributed by atoms with Gasteiger partial charge in [-0.25, -0.2) is 4.39 Å². The molecule has 0 saturated heterocycles. The molecule has 0 aliphatic rings. The van der Waals surface area contributed by atoms with Crippen LogP contribution in [0.2, 0.25) is 0 Å². The number of nitrogens with two attached hydrogens (primary N) is 1. The molecule has 2 N–H and O–H groups in total. The molecule has 16 heavy (non-hydrogen) atoms. The summed E-state index contributed by atoms with van der Waals surface area (Å²) < 4.78 is 18.2. The molecule has 2 rings (SSSR count). The third-order valence-corrected chi connectivity index (χ3v) is 2.05. The van der Waals surface area contributed by atoms with Crippen molar-refractivity contribution in [3.63, 3.8) is 0 Å². The summed E-state index contributed by atoms with van der Waals surface area (Å²) in [6.45, 7) is 1.75. The van der Waals surface area contributed by atoms with Gasteiger partial charge in [-0.15, -0.1) is 0 Å². The van der Waals surface area contributed by atoms with Crippen LogP contribution in [0.25, 0.3) is 11.5 Å². The minimum absolute atomic E-state index is 0.0110. The Balaban J connectivity index is 2.55. The van der Waals surface area contributed by atoms with Crippen molar-refractivity contribution in [3.05, 3.63) is 35.3 Å². The molecule has 0 aliphatic carbocycles. The van der Waals surface area contributed by atoms with Gasteiger partial charge in [0.2, 0.25) is 17.5 Å². The predicted molar refractivity (Wildman–Crippen MR) is 55.8 cm³/mol. The van der Waals surface area contributed by atoms with Gasteiger partial charge in [-0.3, -0.25) is 0 Å². The van der Waals surface area contributed by atoms with Crippen molar-refractivity contribution in [3.8, 4) is 17.5 Å². The standard InChI is InChI=1S/C11H8FN3O/c1-6-2-7(4-8(12)3-6)11-15-9(5-13)10(14)16-11/h2-4H,14H2,1H3. The molecule has 1 aromatic heterocycles. The average Bonchev–Trinajstić information content (AvgIpc) is 2.58. The van der Waals surface area contributed by atoms with Crippen molar-refractivity contribution in [2.24, 2.45) is 0 Å². The first-order valence-electron chi connectivity index (χ1n) is 4.54. The maximum Gasteiger partial charge on any atom is 0.230 e. The highest BCUT2D eigenvalue weighted by Gasteiger charge is 2.12. The Hall–Kier alpha value is -2.35. The number of anilines is 1. The van der Waals surface area contributed by atoms with Crippen molar-refractivity contribution in [2.75, 3.05) is 5.73 Å². The molecule has 80 valence electrons. The highest BCUT2D eigenvalue weighted by Crippen LogP contribution is 2.24. The van der Waals surface area contributed by atoms with E-state index in [1.807, 2.05) is 0 Å². The van der Waals surface area contributed by atoms with Crippen LogP contribution >= 0.6 is 0 Å². The number of hydrogen-bond acceptors (Lipinski definition) is 4. The molecule has 0 spiro atoms. The molecule has 0 bridgehead atoms. The number of aromatic nitrogens is 1. The van der Waals surface area contributed by atoms with Gasteiger partial charge in [0.05, 0.1) is 0 Å². The van der Waals surface area contributed by atoms with Crippen LogP contribution in [0.15, 0.2) is 22.6 Å². The number of oxazole rings is 1. The van der Waals surface area contributed by atoms with E-state index in [0.717, 1.165) is 5.56 Å². The molecule has 0 unspecified atom stereocenters. The molecule has 0 atom stereocenters. The number of nitrogen functional groups attached to an aromatic ring is 1. The molecule has 0 fully saturated rings. The Morgan fingerprint density at radius 2 is 2.19 bits per heavy atom. The zero-order chi connectivity index (χ0) is 11.7. The SMILES string of the molecule is Cc1cc(F)cc(-c2nc(C#N)c(N)o2)c1. The highest BCUT2D eigenvalue weighted by molar-refractivity contribution is 5.58. The van der Waals surface area contributed by atoms with Gasteiger partial charge in [0.1, 0.15) is 11.9 Å². The first-order valence-corrected chi connectivity index (χ1v) is 4.54. The minimum Gasteiger partial charge on any atom is -0.419 e. The molecule has 0 amide bonds. The Bertz CT molecular complexity index is 563. The Kier molecular flexibility index (Phi) is 2.33. The summed E-state index contributed by atoms with van der Waals surface area (Å²) in [5.41, 5.74) is 6.64. The smallest absolute Gasteiger partial charge is 0.230 e. The summed E-state index contributed by atoms with van der Waals surface area (Å²) in [5, 5.41) is 8.66. The summed E-state index contributed by atoms with van der Waals surface area (Å²) in [6.07, 6.45) is 0. The number of aryl methyl sites for hydroxylation is 1. The molecule has 5 heteroatoms. The molecule has 4 nitrogen and oxygen atoms in total. The second-order valence-electron chi connectivity index (χ2n) is 3.36. The van der Waals surface area contributed by atoms with E-state index >= 15 is 0 Å². The zero-order valence-electron chi connectivity index (χ0n) is 8.49.